The summed E-state index contributed by atoms with van der Waals surface area (Å²) >= 11 is 6.19. The maximum Gasteiger partial charge on any atom is 0.211 e. The summed E-state index contributed by atoms with van der Waals surface area (Å²) in [5, 5.41) is 19.3. The summed E-state index contributed by atoms with van der Waals surface area (Å²) in [5.41, 5.74) is 1.33. The molecule has 0 aliphatic heterocycles. The number of hydrogen-bond acceptors (Lipinski definition) is 11. The zero-order valence-corrected chi connectivity index (χ0v) is 29.5. The van der Waals surface area contributed by atoms with Crippen molar-refractivity contribution in [2.75, 3.05) is 62.0 Å². The Morgan fingerprint density at radius 3 is 1.85 bits per heavy atom. The number of hydrogen-bond donors (Lipinski definition) is 1. The molecule has 0 spiro atoms. The van der Waals surface area contributed by atoms with Gasteiger partial charge in [-0.25, -0.2) is 4.21 Å². The number of ether oxygens (including phenoxy) is 6. The number of nitrogens with one attached hydrogen (secondary N) is 1. The molecule has 0 saturated heterocycles. The first kappa shape index (κ1) is 40.3. The van der Waals surface area contributed by atoms with Gasteiger partial charge in [0.15, 0.2) is 23.0 Å². The molecule has 0 radical (unpaired) electrons. The van der Waals surface area contributed by atoms with Crippen LogP contribution in [0.5, 0.6) is 23.0 Å². The van der Waals surface area contributed by atoms with E-state index >= 15 is 0 Å². The Kier molecular flexibility index (Phi) is 19.7. The molecule has 0 saturated carbocycles. The van der Waals surface area contributed by atoms with Gasteiger partial charge in [0.25, 0.3) is 0 Å². The molecule has 0 unspecified atom stereocenters. The van der Waals surface area contributed by atoms with Crippen LogP contribution in [-0.4, -0.2) is 76.2 Å². The van der Waals surface area contributed by atoms with Crippen molar-refractivity contribution in [3.8, 4) is 35.1 Å². The Hall–Kier alpha value is -3.89. The molecule has 12 nitrogen and oxygen atoms in total. The molecule has 0 bridgehead atoms. The van der Waals surface area contributed by atoms with Crippen molar-refractivity contribution in [2.45, 2.75) is 12.8 Å². The molecule has 4 rings (SSSR count). The summed E-state index contributed by atoms with van der Waals surface area (Å²) in [6.07, 6.45) is 4.37. The molecule has 1 N–H and O–H groups in total. The van der Waals surface area contributed by atoms with Crippen molar-refractivity contribution in [3.63, 3.8) is 0 Å². The van der Waals surface area contributed by atoms with E-state index in [0.717, 1.165) is 12.8 Å². The predicted octanol–water partition coefficient (Wildman–Crippen LogP) is 6.64. The molecule has 0 amide bonds. The normalized spacial score (nSPS) is 10.2. The lowest BCUT2D eigenvalue weighted by Gasteiger charge is -2.12. The number of nitrogens with zero attached hydrogens (tertiary/aromatic N) is 3. The van der Waals surface area contributed by atoms with Crippen molar-refractivity contribution in [2.24, 2.45) is 0 Å². The van der Waals surface area contributed by atoms with E-state index in [9.17, 15) is 9.18 Å². The number of benzene rings is 2. The third-order valence-corrected chi connectivity index (χ3v) is 6.40. The Morgan fingerprint density at radius 1 is 0.875 bits per heavy atom. The van der Waals surface area contributed by atoms with Crippen molar-refractivity contribution in [1.82, 2.24) is 9.97 Å². The van der Waals surface area contributed by atoms with Crippen LogP contribution in [0.4, 0.5) is 4.39 Å². The lowest BCUT2D eigenvalue weighted by molar-refractivity contribution is 0.170. The van der Waals surface area contributed by atoms with E-state index in [1.54, 1.807) is 45.6 Å². The minimum absolute atomic E-state index is 0.0679. The number of aromatic nitrogens is 2. The van der Waals surface area contributed by atoms with Crippen LogP contribution >= 0.6 is 33.0 Å². The Morgan fingerprint density at radius 2 is 1.38 bits per heavy atom. The lowest BCUT2D eigenvalue weighted by atomic mass is 10.1. The zero-order valence-electron chi connectivity index (χ0n) is 27.4. The Balaban J connectivity index is 0.000000412. The number of rotatable bonds is 12. The van der Waals surface area contributed by atoms with Crippen LogP contribution in [0.15, 0.2) is 41.5 Å². The predicted molar refractivity (Wildman–Crippen MR) is 185 cm³/mol. The van der Waals surface area contributed by atoms with E-state index in [4.69, 9.17) is 56.1 Å². The van der Waals surface area contributed by atoms with Crippen molar-refractivity contribution in [1.29, 1.82) is 10.5 Å². The van der Waals surface area contributed by atoms with Crippen LogP contribution in [0.1, 0.15) is 25.3 Å². The summed E-state index contributed by atoms with van der Waals surface area (Å²) < 4.78 is 56.4. The molecule has 0 aliphatic carbocycles. The van der Waals surface area contributed by atoms with Crippen LogP contribution in [-0.2, 0) is 18.7 Å². The molecule has 2 aromatic carbocycles. The van der Waals surface area contributed by atoms with E-state index in [1.807, 2.05) is 12.1 Å². The van der Waals surface area contributed by atoms with Gasteiger partial charge in [0.05, 0.1) is 63.0 Å². The summed E-state index contributed by atoms with van der Waals surface area (Å²) in [5.74, 6) is 2.15. The molecule has 2 heterocycles. The molecule has 48 heavy (non-hydrogen) atoms. The summed E-state index contributed by atoms with van der Waals surface area (Å²) in [6.45, 7) is 2.24. The average Bonchev–Trinajstić information content (AvgIpc) is 3.09. The summed E-state index contributed by atoms with van der Waals surface area (Å²) in [7, 11) is 12.7. The van der Waals surface area contributed by atoms with Crippen LogP contribution in [0, 0.1) is 22.7 Å². The van der Waals surface area contributed by atoms with Gasteiger partial charge in [-0.15, -0.1) is 0 Å². The number of fused-ring (bicyclic) bond motifs is 2. The monoisotopic (exact) mass is 747 g/mol. The number of aromatic amines is 1. The van der Waals surface area contributed by atoms with Gasteiger partial charge in [-0.2, -0.15) is 10.5 Å². The maximum atomic E-state index is 12.1. The number of halogens is 4. The molecule has 17 heteroatoms. The van der Waals surface area contributed by atoms with Gasteiger partial charge in [-0.1, -0.05) is 11.6 Å². The van der Waals surface area contributed by atoms with Gasteiger partial charge in [-0.05, 0) is 12.1 Å². The third-order valence-electron chi connectivity index (χ3n) is 5.99. The topological polar surface area (TPSA) is 166 Å². The highest BCUT2D eigenvalue weighted by molar-refractivity contribution is 8.26. The van der Waals surface area contributed by atoms with E-state index in [0.29, 0.717) is 81.8 Å². The van der Waals surface area contributed by atoms with Gasteiger partial charge in [-0.3, -0.25) is 14.2 Å². The molecule has 0 aliphatic rings. The number of nitriles is 2. The fourth-order valence-corrected chi connectivity index (χ4v) is 4.11. The van der Waals surface area contributed by atoms with Crippen molar-refractivity contribution >= 4 is 64.0 Å². The standard InChI is InChI=1S/C15H15ClN2O3.C15H16N2O4.CH3F.Cl2OS/c1-19-4-3-5-21-14-7-12-11(6-13(14)20-2)15(16)10(8-17)9-18-12;1-19-4-3-5-21-14-7-12-11(6-13(14)20-2)15(18)10(8-16)9-17-12;1-2;1-4(2)3/h6-7,9H,3-5H2,1-2H3;6-7,9H,3-5H2,1-2H3,(H,17,18);1H3;/i;;1D;. The van der Waals surface area contributed by atoms with Crippen LogP contribution in [0.3, 0.4) is 0 Å². The first-order chi connectivity index (χ1) is 23.6. The van der Waals surface area contributed by atoms with E-state index in [2.05, 4.69) is 31.3 Å². The fraction of sp³-hybridized carbons (Fsp3) is 0.355. The average molecular weight is 749 g/mol. The second-order valence-corrected chi connectivity index (χ2v) is 11.8. The Bertz CT molecular complexity index is 1800. The van der Waals surface area contributed by atoms with Crippen molar-refractivity contribution < 1.29 is 38.4 Å². The first-order valence-corrected chi connectivity index (χ1v) is 16.8. The molecule has 260 valence electrons. The highest BCUT2D eigenvalue weighted by Gasteiger charge is 2.13. The van der Waals surface area contributed by atoms with E-state index in [1.165, 1.54) is 19.5 Å². The number of pyridine rings is 2. The van der Waals surface area contributed by atoms with Crippen LogP contribution in [0.2, 0.25) is 5.02 Å². The second-order valence-electron chi connectivity index (χ2n) is 8.88. The van der Waals surface area contributed by atoms with Crippen LogP contribution < -0.4 is 24.4 Å². The van der Waals surface area contributed by atoms with Gasteiger partial charge < -0.3 is 33.4 Å². The number of H-pyrrole nitrogens is 1. The zero-order chi connectivity index (χ0) is 36.8. The molecule has 4 aromatic rings. The maximum absolute atomic E-state index is 12.1. The molecule has 2 aromatic heterocycles. The van der Waals surface area contributed by atoms with Gasteiger partial charge >= 0.3 is 0 Å². The van der Waals surface area contributed by atoms with Gasteiger partial charge in [0.2, 0.25) is 14.7 Å². The van der Waals surface area contributed by atoms with E-state index in [-0.39, 0.29) is 11.0 Å². The smallest absolute Gasteiger partial charge is 0.211 e. The van der Waals surface area contributed by atoms with Crippen molar-refractivity contribution in [3.05, 3.63) is 63.0 Å². The minimum Gasteiger partial charge on any atom is -0.493 e. The number of alkyl halides is 1. The molecule has 0 fully saturated rings. The molecular weight excluding hydrogens is 714 g/mol. The minimum atomic E-state index is -1.67. The largest absolute Gasteiger partial charge is 0.493 e. The quantitative estimate of drug-likeness (QED) is 0.122. The van der Waals surface area contributed by atoms with Gasteiger partial charge in [0.1, 0.15) is 17.7 Å². The second kappa shape index (κ2) is 23.4. The highest BCUT2D eigenvalue weighted by Crippen LogP contribution is 2.36. The van der Waals surface area contributed by atoms with E-state index < -0.39 is 16.4 Å². The van der Waals surface area contributed by atoms with Gasteiger partial charge in [0, 0.05) is 91.6 Å². The van der Waals surface area contributed by atoms with Crippen LogP contribution in [0.25, 0.3) is 21.8 Å². The third kappa shape index (κ3) is 13.0. The summed E-state index contributed by atoms with van der Waals surface area (Å²) in [4.78, 5) is 19.2. The number of methoxy groups -OCH3 is 4. The molecule has 0 atom stereocenters. The highest BCUT2D eigenvalue weighted by atomic mass is 36.0. The lowest BCUT2D eigenvalue weighted by Crippen LogP contribution is -2.08. The fourth-order valence-electron chi connectivity index (χ4n) is 3.87. The first-order valence-electron chi connectivity index (χ1n) is 14.3. The molecular formula is C31H34Cl3FN4O8S. The summed E-state index contributed by atoms with van der Waals surface area (Å²) in [6, 6.07) is 10.6. The SMILES string of the molecule is COCCCOc1cc2[nH]cc(C#N)c(=O)c2cc1OC.COCCCOc1cc2ncc(C#N)c(Cl)c2cc1OC.O=S(Cl)Cl.[2H]CF. The Labute approximate surface area is 295 Å².